The van der Waals surface area contributed by atoms with Crippen LogP contribution in [0.25, 0.3) is 0 Å². The van der Waals surface area contributed by atoms with Gasteiger partial charge in [0.15, 0.2) is 0 Å². The van der Waals surface area contributed by atoms with E-state index in [1.807, 2.05) is 27.7 Å². The highest BCUT2D eigenvalue weighted by atomic mass is 19.4. The van der Waals surface area contributed by atoms with Crippen molar-refractivity contribution in [2.24, 2.45) is 0 Å². The van der Waals surface area contributed by atoms with Crippen LogP contribution in [0.5, 0.6) is 5.75 Å². The largest absolute Gasteiger partial charge is 0.489 e. The first kappa shape index (κ1) is 22.0. The van der Waals surface area contributed by atoms with Crippen LogP contribution in [0.4, 0.5) is 17.6 Å². The maximum Gasteiger partial charge on any atom is 0.416 e. The molecule has 0 spiro atoms. The van der Waals surface area contributed by atoms with Gasteiger partial charge in [0.25, 0.3) is 0 Å². The Morgan fingerprint density at radius 3 is 1.88 bits per heavy atom. The van der Waals surface area contributed by atoms with E-state index in [9.17, 15) is 17.6 Å². The minimum atomic E-state index is -4.36. The SMILES string of the molecule is CC.CC.Cc1cc(C(F)(F)F)ccc1OCc1ccc(F)cc1. The van der Waals surface area contributed by atoms with Crippen molar-refractivity contribution in [3.63, 3.8) is 0 Å². The Balaban J connectivity index is 0.00000123. The number of benzene rings is 2. The third-order valence-electron chi connectivity index (χ3n) is 2.81. The van der Waals surface area contributed by atoms with Crippen molar-refractivity contribution >= 4 is 0 Å². The zero-order chi connectivity index (χ0) is 18.8. The summed E-state index contributed by atoms with van der Waals surface area (Å²) in [4.78, 5) is 0. The molecule has 0 fully saturated rings. The maximum absolute atomic E-state index is 12.7. The minimum Gasteiger partial charge on any atom is -0.489 e. The van der Waals surface area contributed by atoms with Crippen LogP contribution in [0.3, 0.4) is 0 Å². The molecule has 0 aliphatic carbocycles. The van der Waals surface area contributed by atoms with Crippen LogP contribution in [0.1, 0.15) is 44.4 Å². The number of rotatable bonds is 3. The standard InChI is InChI=1S/C15H12F4O.2C2H6/c1-10-8-12(15(17,18)19)4-7-14(10)20-9-11-2-5-13(16)6-3-11;2*1-2/h2-8H,9H2,1H3;2*1-2H3. The summed E-state index contributed by atoms with van der Waals surface area (Å²) in [6.45, 7) is 9.72. The highest BCUT2D eigenvalue weighted by molar-refractivity contribution is 5.37. The molecule has 1 nitrogen and oxygen atoms in total. The van der Waals surface area contributed by atoms with Gasteiger partial charge in [-0.2, -0.15) is 13.2 Å². The molecule has 0 amide bonds. The molecule has 0 unspecified atom stereocenters. The normalized spacial score (nSPS) is 10.0. The highest BCUT2D eigenvalue weighted by Gasteiger charge is 2.30. The Labute approximate surface area is 141 Å². The first-order chi connectivity index (χ1) is 11.4. The fourth-order valence-electron chi connectivity index (χ4n) is 1.73. The molecule has 0 atom stereocenters. The summed E-state index contributed by atoms with van der Waals surface area (Å²) in [5.74, 6) is 0.0294. The van der Waals surface area contributed by atoms with Gasteiger partial charge in [0, 0.05) is 0 Å². The molecule has 0 aliphatic heterocycles. The molecule has 0 radical (unpaired) electrons. The summed E-state index contributed by atoms with van der Waals surface area (Å²) < 4.78 is 55.7. The molecule has 0 aromatic heterocycles. The second-order valence-corrected chi connectivity index (χ2v) is 4.39. The molecule has 2 rings (SSSR count). The third kappa shape index (κ3) is 7.02. The molecule has 0 N–H and O–H groups in total. The fourth-order valence-corrected chi connectivity index (χ4v) is 1.73. The molecule has 24 heavy (non-hydrogen) atoms. The number of aryl methyl sites for hydroxylation is 1. The van der Waals surface area contributed by atoms with Crippen molar-refractivity contribution in [3.8, 4) is 5.75 Å². The quantitative estimate of drug-likeness (QED) is 0.557. The maximum atomic E-state index is 12.7. The lowest BCUT2D eigenvalue weighted by molar-refractivity contribution is -0.137. The molecule has 2 aromatic rings. The van der Waals surface area contributed by atoms with Crippen LogP contribution in [0.2, 0.25) is 0 Å². The van der Waals surface area contributed by atoms with E-state index >= 15 is 0 Å². The Morgan fingerprint density at radius 1 is 0.875 bits per heavy atom. The van der Waals surface area contributed by atoms with Crippen molar-refractivity contribution in [1.29, 1.82) is 0 Å². The highest BCUT2D eigenvalue weighted by Crippen LogP contribution is 2.32. The average molecular weight is 344 g/mol. The monoisotopic (exact) mass is 344 g/mol. The average Bonchev–Trinajstić information content (AvgIpc) is 2.58. The van der Waals surface area contributed by atoms with Crippen molar-refractivity contribution in [1.82, 2.24) is 0 Å². The van der Waals surface area contributed by atoms with Crippen LogP contribution >= 0.6 is 0 Å². The molecular formula is C19H24F4O. The molecule has 2 aromatic carbocycles. The topological polar surface area (TPSA) is 9.23 Å². The lowest BCUT2D eigenvalue weighted by Crippen LogP contribution is -2.06. The van der Waals surface area contributed by atoms with Gasteiger partial charge in [0.2, 0.25) is 0 Å². The lowest BCUT2D eigenvalue weighted by Gasteiger charge is -2.12. The summed E-state index contributed by atoms with van der Waals surface area (Å²) in [7, 11) is 0. The van der Waals surface area contributed by atoms with E-state index in [1.165, 1.54) is 18.2 Å². The summed E-state index contributed by atoms with van der Waals surface area (Å²) >= 11 is 0. The van der Waals surface area contributed by atoms with Crippen molar-refractivity contribution in [2.75, 3.05) is 0 Å². The summed E-state index contributed by atoms with van der Waals surface area (Å²) in [5.41, 5.74) is 0.441. The van der Waals surface area contributed by atoms with E-state index in [0.29, 0.717) is 11.3 Å². The lowest BCUT2D eigenvalue weighted by atomic mass is 10.1. The Bertz CT molecular complexity index is 589. The van der Waals surface area contributed by atoms with E-state index < -0.39 is 11.7 Å². The molecule has 0 heterocycles. The molecule has 5 heteroatoms. The number of halogens is 4. The van der Waals surface area contributed by atoms with Crippen LogP contribution in [-0.2, 0) is 12.8 Å². The molecule has 0 saturated carbocycles. The van der Waals surface area contributed by atoms with E-state index in [4.69, 9.17) is 4.74 Å². The van der Waals surface area contributed by atoms with Gasteiger partial charge in [0.1, 0.15) is 18.2 Å². The van der Waals surface area contributed by atoms with Crippen molar-refractivity contribution in [3.05, 3.63) is 65.0 Å². The van der Waals surface area contributed by atoms with E-state index in [1.54, 1.807) is 19.1 Å². The van der Waals surface area contributed by atoms with Gasteiger partial charge in [-0.05, 0) is 48.4 Å². The summed E-state index contributed by atoms with van der Waals surface area (Å²) in [6.07, 6.45) is -4.36. The van der Waals surface area contributed by atoms with E-state index in [-0.39, 0.29) is 12.4 Å². The first-order valence-corrected chi connectivity index (χ1v) is 7.91. The molecule has 0 aliphatic rings. The fraction of sp³-hybridized carbons (Fsp3) is 0.368. The molecular weight excluding hydrogens is 320 g/mol. The Hall–Kier alpha value is -2.04. The zero-order valence-electron chi connectivity index (χ0n) is 14.7. The van der Waals surface area contributed by atoms with Gasteiger partial charge >= 0.3 is 6.18 Å². The summed E-state index contributed by atoms with van der Waals surface area (Å²) in [6, 6.07) is 9.05. The number of alkyl halides is 3. The zero-order valence-corrected chi connectivity index (χ0v) is 14.7. The predicted molar refractivity (Wildman–Crippen MR) is 89.6 cm³/mol. The van der Waals surface area contributed by atoms with Crippen molar-refractivity contribution < 1.29 is 22.3 Å². The Kier molecular flexibility index (Phi) is 9.77. The van der Waals surface area contributed by atoms with Crippen molar-refractivity contribution in [2.45, 2.75) is 47.4 Å². The number of ether oxygens (including phenoxy) is 1. The van der Waals surface area contributed by atoms with E-state index in [0.717, 1.165) is 17.7 Å². The van der Waals surface area contributed by atoms with Gasteiger partial charge in [-0.3, -0.25) is 0 Å². The summed E-state index contributed by atoms with van der Waals surface area (Å²) in [5, 5.41) is 0. The second-order valence-electron chi connectivity index (χ2n) is 4.39. The number of hydrogen-bond donors (Lipinski definition) is 0. The van der Waals surface area contributed by atoms with Crippen LogP contribution in [0, 0.1) is 12.7 Å². The molecule has 0 bridgehead atoms. The van der Waals surface area contributed by atoms with E-state index in [2.05, 4.69) is 0 Å². The van der Waals surface area contributed by atoms with Gasteiger partial charge < -0.3 is 4.74 Å². The number of hydrogen-bond acceptors (Lipinski definition) is 1. The van der Waals surface area contributed by atoms with Gasteiger partial charge in [0.05, 0.1) is 5.56 Å². The third-order valence-corrected chi connectivity index (χ3v) is 2.81. The predicted octanol–water partition coefficient (Wildman–Crippen LogP) is 6.78. The molecule has 134 valence electrons. The van der Waals surface area contributed by atoms with Crippen LogP contribution in [-0.4, -0.2) is 0 Å². The van der Waals surface area contributed by atoms with Gasteiger partial charge in [-0.25, -0.2) is 4.39 Å². The smallest absolute Gasteiger partial charge is 0.416 e. The van der Waals surface area contributed by atoms with Gasteiger partial charge in [-0.15, -0.1) is 0 Å². The first-order valence-electron chi connectivity index (χ1n) is 7.91. The second kappa shape index (κ2) is 10.7. The minimum absolute atomic E-state index is 0.173. The van der Waals surface area contributed by atoms with Gasteiger partial charge in [-0.1, -0.05) is 39.8 Å². The van der Waals surface area contributed by atoms with Crippen LogP contribution < -0.4 is 4.74 Å². The Morgan fingerprint density at radius 2 is 1.42 bits per heavy atom. The van der Waals surface area contributed by atoms with Crippen LogP contribution in [0.15, 0.2) is 42.5 Å². The molecule has 0 saturated heterocycles.